The maximum Gasteiger partial charge on any atom is 0.147 e. The summed E-state index contributed by atoms with van der Waals surface area (Å²) in [5.41, 5.74) is 10.8. The van der Waals surface area contributed by atoms with Crippen molar-refractivity contribution >= 4 is 97.7 Å². The summed E-state index contributed by atoms with van der Waals surface area (Å²) in [5, 5.41) is 16.7. The smallest absolute Gasteiger partial charge is 0.147 e. The van der Waals surface area contributed by atoms with Crippen LogP contribution in [0.5, 0.6) is 0 Å². The Balaban J connectivity index is 0.983. The lowest BCUT2D eigenvalue weighted by atomic mass is 9.85. The van der Waals surface area contributed by atoms with Gasteiger partial charge < -0.3 is 8.83 Å². The van der Waals surface area contributed by atoms with E-state index in [0.29, 0.717) is 0 Å². The molecule has 0 atom stereocenters. The molecule has 0 saturated carbocycles. The number of hydrogen-bond acceptors (Lipinski definition) is 2. The summed E-state index contributed by atoms with van der Waals surface area (Å²) in [5.74, 6) is 0. The summed E-state index contributed by atoms with van der Waals surface area (Å²) in [6, 6.07) is 70.5. The van der Waals surface area contributed by atoms with Gasteiger partial charge in [-0.3, -0.25) is 0 Å². The van der Waals surface area contributed by atoms with E-state index in [-0.39, 0.29) is 0 Å². The molecule has 0 spiro atoms. The van der Waals surface area contributed by atoms with Gasteiger partial charge in [-0.25, -0.2) is 0 Å². The lowest BCUT2D eigenvalue weighted by molar-refractivity contribution is 0.663. The highest BCUT2D eigenvalue weighted by Gasteiger charge is 2.21. The summed E-state index contributed by atoms with van der Waals surface area (Å²) in [6.07, 6.45) is 0. The van der Waals surface area contributed by atoms with E-state index in [9.17, 15) is 0 Å². The second kappa shape index (κ2) is 11.9. The highest BCUT2D eigenvalue weighted by Crippen LogP contribution is 2.47. The van der Waals surface area contributed by atoms with Crippen molar-refractivity contribution in [1.29, 1.82) is 0 Å². The largest absolute Gasteiger partial charge is 0.456 e. The van der Waals surface area contributed by atoms with Gasteiger partial charge in [0.2, 0.25) is 0 Å². The third-order valence-corrected chi connectivity index (χ3v) is 12.4. The van der Waals surface area contributed by atoms with Crippen LogP contribution in [-0.2, 0) is 0 Å². The molecule has 0 aliphatic rings. The quantitative estimate of drug-likeness (QED) is 0.169. The topological polar surface area (TPSA) is 26.3 Å². The molecule has 0 fully saturated rings. The average molecular weight is 737 g/mol. The minimum atomic E-state index is 0.841. The molecule has 2 aromatic heterocycles. The van der Waals surface area contributed by atoms with E-state index in [4.69, 9.17) is 8.83 Å². The van der Waals surface area contributed by atoms with Crippen molar-refractivity contribution in [3.63, 3.8) is 0 Å². The van der Waals surface area contributed by atoms with Crippen LogP contribution in [0.1, 0.15) is 0 Å². The van der Waals surface area contributed by atoms with Gasteiger partial charge in [-0.05, 0) is 130 Å². The van der Waals surface area contributed by atoms with Crippen LogP contribution >= 0.6 is 0 Å². The molecule has 13 rings (SSSR count). The van der Waals surface area contributed by atoms with E-state index in [0.717, 1.165) is 55.0 Å². The van der Waals surface area contributed by atoms with Gasteiger partial charge in [0.15, 0.2) is 0 Å². The van der Waals surface area contributed by atoms with Gasteiger partial charge in [-0.15, -0.1) is 0 Å². The third kappa shape index (κ3) is 4.48. The minimum absolute atomic E-state index is 0.841. The first-order valence-corrected chi connectivity index (χ1v) is 19.9. The normalized spacial score (nSPS) is 12.1. The van der Waals surface area contributed by atoms with Gasteiger partial charge in [0.25, 0.3) is 0 Å². The van der Waals surface area contributed by atoms with Crippen molar-refractivity contribution in [3.8, 4) is 33.4 Å². The number of rotatable bonds is 3. The zero-order valence-corrected chi connectivity index (χ0v) is 31.3. The first-order valence-electron chi connectivity index (χ1n) is 19.9. The fourth-order valence-electron chi connectivity index (χ4n) is 9.81. The highest BCUT2D eigenvalue weighted by molar-refractivity contribution is 6.28. The molecule has 0 aliphatic heterocycles. The summed E-state index contributed by atoms with van der Waals surface area (Å²) in [7, 11) is 0. The second-order valence-electron chi connectivity index (χ2n) is 15.5. The number of para-hydroxylation sites is 1. The number of furan rings is 2. The maximum atomic E-state index is 6.82. The SMILES string of the molecule is c1ccc2cc(-c3c4ccccc4c(-c4ccc5cc(-c6cc7oc8c(ccc9oc%10ccccc%10c98)c7c7ccccc67)ccc5c4)c4ccccc34)ccc2c1. The van der Waals surface area contributed by atoms with E-state index < -0.39 is 0 Å². The summed E-state index contributed by atoms with van der Waals surface area (Å²) in [4.78, 5) is 0. The van der Waals surface area contributed by atoms with Crippen LogP contribution in [0.15, 0.2) is 203 Å². The zero-order chi connectivity index (χ0) is 37.9. The molecule has 13 aromatic rings. The third-order valence-electron chi connectivity index (χ3n) is 12.4. The van der Waals surface area contributed by atoms with Gasteiger partial charge in [0.1, 0.15) is 22.3 Å². The van der Waals surface area contributed by atoms with Gasteiger partial charge in [0.05, 0.1) is 5.39 Å². The van der Waals surface area contributed by atoms with Crippen molar-refractivity contribution in [2.24, 2.45) is 0 Å². The Morgan fingerprint density at radius 2 is 0.759 bits per heavy atom. The Bertz CT molecular complexity index is 3800. The Kier molecular flexibility index (Phi) is 6.47. The van der Waals surface area contributed by atoms with Crippen molar-refractivity contribution in [1.82, 2.24) is 0 Å². The molecule has 0 saturated heterocycles. The van der Waals surface area contributed by atoms with Crippen LogP contribution in [0.3, 0.4) is 0 Å². The molecule has 0 radical (unpaired) electrons. The van der Waals surface area contributed by atoms with Crippen molar-refractivity contribution in [2.45, 2.75) is 0 Å². The molecule has 0 N–H and O–H groups in total. The summed E-state index contributed by atoms with van der Waals surface area (Å²) < 4.78 is 13.1. The van der Waals surface area contributed by atoms with Crippen molar-refractivity contribution in [3.05, 3.63) is 194 Å². The molecule has 11 aromatic carbocycles. The molecule has 58 heavy (non-hydrogen) atoms. The van der Waals surface area contributed by atoms with Gasteiger partial charge in [-0.1, -0.05) is 152 Å². The van der Waals surface area contributed by atoms with E-state index in [1.165, 1.54) is 76.1 Å². The minimum Gasteiger partial charge on any atom is -0.456 e. The summed E-state index contributed by atoms with van der Waals surface area (Å²) in [6.45, 7) is 0. The monoisotopic (exact) mass is 736 g/mol. The van der Waals surface area contributed by atoms with Crippen molar-refractivity contribution < 1.29 is 8.83 Å². The van der Waals surface area contributed by atoms with Gasteiger partial charge >= 0.3 is 0 Å². The zero-order valence-electron chi connectivity index (χ0n) is 31.3. The molecule has 2 nitrogen and oxygen atoms in total. The number of hydrogen-bond donors (Lipinski definition) is 0. The fraction of sp³-hybridized carbons (Fsp3) is 0. The maximum absolute atomic E-state index is 6.82. The molecule has 2 heterocycles. The van der Waals surface area contributed by atoms with Gasteiger partial charge in [-0.2, -0.15) is 0 Å². The van der Waals surface area contributed by atoms with Crippen LogP contribution in [0.4, 0.5) is 0 Å². The second-order valence-corrected chi connectivity index (χ2v) is 15.5. The predicted molar refractivity (Wildman–Crippen MR) is 245 cm³/mol. The molecule has 0 amide bonds. The van der Waals surface area contributed by atoms with Crippen molar-refractivity contribution in [2.75, 3.05) is 0 Å². The van der Waals surface area contributed by atoms with Crippen LogP contribution in [0.2, 0.25) is 0 Å². The molecule has 2 heteroatoms. The number of benzene rings is 11. The molecule has 0 bridgehead atoms. The summed E-state index contributed by atoms with van der Waals surface area (Å²) >= 11 is 0. The van der Waals surface area contributed by atoms with Crippen LogP contribution in [-0.4, -0.2) is 0 Å². The predicted octanol–water partition coefficient (Wildman–Crippen LogP) is 16.3. The first kappa shape index (κ1) is 31.5. The fourth-order valence-corrected chi connectivity index (χ4v) is 9.81. The Morgan fingerprint density at radius 3 is 1.43 bits per heavy atom. The Hall–Kier alpha value is -7.68. The molecular formula is C56H32O2. The van der Waals surface area contributed by atoms with Crippen LogP contribution in [0.25, 0.3) is 131 Å². The Labute approximate surface area is 332 Å². The molecule has 0 aliphatic carbocycles. The number of fused-ring (bicyclic) bond motifs is 13. The Morgan fingerprint density at radius 1 is 0.259 bits per heavy atom. The molecular weight excluding hydrogens is 705 g/mol. The van der Waals surface area contributed by atoms with Crippen LogP contribution < -0.4 is 0 Å². The highest BCUT2D eigenvalue weighted by atomic mass is 16.3. The molecule has 268 valence electrons. The van der Waals surface area contributed by atoms with E-state index in [2.05, 4.69) is 182 Å². The molecule has 0 unspecified atom stereocenters. The van der Waals surface area contributed by atoms with E-state index in [1.807, 2.05) is 12.1 Å². The van der Waals surface area contributed by atoms with E-state index >= 15 is 0 Å². The standard InChI is InChI=1S/C56H32O2/c1-2-12-34-30-38(25-21-33(34)11-1)52-42-15-5-7-17-44(42)53(45-18-8-6-16-43(45)52)39-26-23-35-29-37(24-22-36(35)31-39)48-32-51-54(41-14-4-3-13-40(41)48)47-27-28-50-55(56(47)58-51)46-19-9-10-20-49(46)57-50/h1-32H. The first-order chi connectivity index (χ1) is 28.7. The van der Waals surface area contributed by atoms with Gasteiger partial charge in [0, 0.05) is 16.2 Å². The lowest BCUT2D eigenvalue weighted by Gasteiger charge is -2.18. The van der Waals surface area contributed by atoms with Crippen LogP contribution in [0, 0.1) is 0 Å². The lowest BCUT2D eigenvalue weighted by Crippen LogP contribution is -1.91. The van der Waals surface area contributed by atoms with E-state index in [1.54, 1.807) is 0 Å². The average Bonchev–Trinajstić information content (AvgIpc) is 3.86.